The number of aliphatic hydroxyl groups excluding tert-OH is 1. The number of aliphatic hydroxyl groups is 1. The molecule has 1 heteroatoms. The number of fused-ring (bicyclic) bond motifs is 5. The fourth-order valence-corrected chi connectivity index (χ4v) is 10.5. The van der Waals surface area contributed by atoms with Gasteiger partial charge in [-0.3, -0.25) is 0 Å². The quantitative estimate of drug-likeness (QED) is 0.469. The predicted molar refractivity (Wildman–Crippen MR) is 126 cm³/mol. The minimum Gasteiger partial charge on any atom is -0.393 e. The van der Waals surface area contributed by atoms with E-state index in [-0.39, 0.29) is 6.10 Å². The molecule has 0 aromatic carbocycles. The highest BCUT2D eigenvalue weighted by molar-refractivity contribution is 5.29. The average molecular weight is 413 g/mol. The van der Waals surface area contributed by atoms with Gasteiger partial charge >= 0.3 is 0 Å². The van der Waals surface area contributed by atoms with Crippen molar-refractivity contribution in [2.24, 2.45) is 51.8 Å². The van der Waals surface area contributed by atoms with E-state index in [1.165, 1.54) is 70.6 Å². The highest BCUT2D eigenvalue weighted by Gasteiger charge is 2.62. The molecule has 0 amide bonds. The highest BCUT2D eigenvalue weighted by Crippen LogP contribution is 2.69. The van der Waals surface area contributed by atoms with Crippen LogP contribution in [0.1, 0.15) is 112 Å². The minimum atomic E-state index is -0.0591. The molecular weight excluding hydrogens is 364 g/mol. The van der Waals surface area contributed by atoms with Gasteiger partial charge in [0.05, 0.1) is 6.10 Å². The molecule has 0 bridgehead atoms. The lowest BCUT2D eigenvalue weighted by Gasteiger charge is -2.60. The van der Waals surface area contributed by atoms with E-state index in [1.54, 1.807) is 5.57 Å². The van der Waals surface area contributed by atoms with Crippen molar-refractivity contribution in [3.05, 3.63) is 11.6 Å². The molecule has 170 valence electrons. The monoisotopic (exact) mass is 412 g/mol. The first-order valence-electron chi connectivity index (χ1n) is 13.6. The van der Waals surface area contributed by atoms with Gasteiger partial charge in [0.1, 0.15) is 0 Å². The molecule has 0 aromatic rings. The molecule has 0 spiro atoms. The third kappa shape index (κ3) is 3.11. The molecule has 5 rings (SSSR count). The van der Waals surface area contributed by atoms with Gasteiger partial charge in [0.15, 0.2) is 0 Å². The zero-order valence-corrected chi connectivity index (χ0v) is 20.6. The lowest BCUT2D eigenvalue weighted by Crippen LogP contribution is -2.52. The standard InChI is InChI=1S/C29H48O/c1-19(17-20-9-6-7-10-20)26-24(30)18-23-21-11-12-25-27(2,3)14-8-15-28(25,4)22(21)13-16-29(23,26)5/h12,19-24,26,30H,6-11,13-18H2,1-5H3/t19?,21-,22+,23+,24+,26+,28-,29+/m1/s1. The van der Waals surface area contributed by atoms with Crippen LogP contribution in [0.4, 0.5) is 0 Å². The lowest BCUT2D eigenvalue weighted by atomic mass is 9.44. The van der Waals surface area contributed by atoms with Gasteiger partial charge in [-0.05, 0) is 96.7 Å². The molecule has 0 saturated heterocycles. The van der Waals surface area contributed by atoms with Gasteiger partial charge in [0, 0.05) is 0 Å². The van der Waals surface area contributed by atoms with E-state index in [0.717, 1.165) is 30.1 Å². The van der Waals surface area contributed by atoms with Crippen LogP contribution in [0.5, 0.6) is 0 Å². The van der Waals surface area contributed by atoms with Crippen LogP contribution in [0.3, 0.4) is 0 Å². The number of allylic oxidation sites excluding steroid dienone is 2. The summed E-state index contributed by atoms with van der Waals surface area (Å²) in [6.45, 7) is 12.7. The van der Waals surface area contributed by atoms with Gasteiger partial charge in [-0.15, -0.1) is 0 Å². The second-order valence-corrected chi connectivity index (χ2v) is 13.6. The number of hydrogen-bond donors (Lipinski definition) is 1. The van der Waals surface area contributed by atoms with Gasteiger partial charge < -0.3 is 5.11 Å². The van der Waals surface area contributed by atoms with Crippen molar-refractivity contribution in [3.63, 3.8) is 0 Å². The second kappa shape index (κ2) is 7.36. The van der Waals surface area contributed by atoms with Crippen molar-refractivity contribution < 1.29 is 5.11 Å². The van der Waals surface area contributed by atoms with Crippen molar-refractivity contribution >= 4 is 0 Å². The molecule has 5 aliphatic rings. The molecule has 1 N–H and O–H groups in total. The molecule has 0 aromatic heterocycles. The topological polar surface area (TPSA) is 20.2 Å². The van der Waals surface area contributed by atoms with E-state index in [9.17, 15) is 5.11 Å². The Morgan fingerprint density at radius 2 is 1.70 bits per heavy atom. The molecule has 30 heavy (non-hydrogen) atoms. The summed E-state index contributed by atoms with van der Waals surface area (Å²) in [6.07, 6.45) is 19.1. The first kappa shape index (κ1) is 21.5. The molecule has 4 saturated carbocycles. The summed E-state index contributed by atoms with van der Waals surface area (Å²) >= 11 is 0. The van der Waals surface area contributed by atoms with Gasteiger partial charge in [-0.25, -0.2) is 0 Å². The van der Waals surface area contributed by atoms with Crippen LogP contribution < -0.4 is 0 Å². The Kier molecular flexibility index (Phi) is 5.28. The van der Waals surface area contributed by atoms with Crippen LogP contribution in [-0.4, -0.2) is 11.2 Å². The summed E-state index contributed by atoms with van der Waals surface area (Å²) in [5, 5.41) is 11.4. The third-order valence-electron chi connectivity index (χ3n) is 11.6. The first-order chi connectivity index (χ1) is 14.2. The fraction of sp³-hybridized carbons (Fsp3) is 0.931. The van der Waals surface area contributed by atoms with Gasteiger partial charge in [-0.2, -0.15) is 0 Å². The molecule has 0 radical (unpaired) electrons. The molecule has 4 fully saturated rings. The Bertz CT molecular complexity index is 684. The maximum atomic E-state index is 11.4. The number of hydrogen-bond acceptors (Lipinski definition) is 1. The first-order valence-corrected chi connectivity index (χ1v) is 13.6. The smallest absolute Gasteiger partial charge is 0.0579 e. The number of rotatable bonds is 3. The predicted octanol–water partition coefficient (Wildman–Crippen LogP) is 7.78. The Labute approximate surface area is 186 Å². The lowest BCUT2D eigenvalue weighted by molar-refractivity contribution is -0.0636. The molecule has 0 heterocycles. The average Bonchev–Trinajstić information content (AvgIpc) is 3.25. The molecule has 1 unspecified atom stereocenters. The summed E-state index contributed by atoms with van der Waals surface area (Å²) in [4.78, 5) is 0. The van der Waals surface area contributed by atoms with Crippen molar-refractivity contribution in [1.82, 2.24) is 0 Å². The van der Waals surface area contributed by atoms with Crippen LogP contribution in [-0.2, 0) is 0 Å². The maximum Gasteiger partial charge on any atom is 0.0579 e. The van der Waals surface area contributed by atoms with Crippen LogP contribution in [0.2, 0.25) is 0 Å². The summed E-state index contributed by atoms with van der Waals surface area (Å²) < 4.78 is 0. The second-order valence-electron chi connectivity index (χ2n) is 13.6. The van der Waals surface area contributed by atoms with Crippen molar-refractivity contribution in [3.8, 4) is 0 Å². The normalized spacial score (nSPS) is 49.1. The van der Waals surface area contributed by atoms with E-state index >= 15 is 0 Å². The van der Waals surface area contributed by atoms with Crippen molar-refractivity contribution in [2.75, 3.05) is 0 Å². The maximum absolute atomic E-state index is 11.4. The van der Waals surface area contributed by atoms with Gasteiger partial charge in [-0.1, -0.05) is 78.4 Å². The summed E-state index contributed by atoms with van der Waals surface area (Å²) in [5.41, 5.74) is 2.98. The highest BCUT2D eigenvalue weighted by atomic mass is 16.3. The zero-order valence-electron chi connectivity index (χ0n) is 20.6. The molecular formula is C29H48O. The van der Waals surface area contributed by atoms with Crippen molar-refractivity contribution in [1.29, 1.82) is 0 Å². The third-order valence-corrected chi connectivity index (χ3v) is 11.6. The Balaban J connectivity index is 1.41. The Hall–Kier alpha value is -0.300. The largest absolute Gasteiger partial charge is 0.393 e. The molecule has 8 atom stereocenters. The fourth-order valence-electron chi connectivity index (χ4n) is 10.5. The Morgan fingerprint density at radius 3 is 2.43 bits per heavy atom. The summed E-state index contributed by atoms with van der Waals surface area (Å²) in [5.74, 6) is 4.56. The SMILES string of the molecule is CC(CC1CCCC1)[C@H]1[C@@H](O)C[C@H]2[C@@H]3CC=C4C(C)(C)CCC[C@]4(C)[C@H]3CC[C@@]21C. The van der Waals surface area contributed by atoms with E-state index in [1.807, 2.05) is 0 Å². The molecule has 1 nitrogen and oxygen atoms in total. The summed E-state index contributed by atoms with van der Waals surface area (Å²) in [6, 6.07) is 0. The van der Waals surface area contributed by atoms with E-state index < -0.39 is 0 Å². The van der Waals surface area contributed by atoms with Crippen LogP contribution >= 0.6 is 0 Å². The summed E-state index contributed by atoms with van der Waals surface area (Å²) in [7, 11) is 0. The van der Waals surface area contributed by atoms with Crippen LogP contribution in [0.15, 0.2) is 11.6 Å². The molecule has 5 aliphatic carbocycles. The zero-order chi connectivity index (χ0) is 21.3. The van der Waals surface area contributed by atoms with E-state index in [4.69, 9.17) is 0 Å². The minimum absolute atomic E-state index is 0.0591. The van der Waals surface area contributed by atoms with Crippen LogP contribution in [0, 0.1) is 51.8 Å². The molecule has 0 aliphatic heterocycles. The van der Waals surface area contributed by atoms with Crippen molar-refractivity contribution in [2.45, 2.75) is 118 Å². The Morgan fingerprint density at radius 1 is 0.967 bits per heavy atom. The van der Waals surface area contributed by atoms with E-state index in [2.05, 4.69) is 40.7 Å². The van der Waals surface area contributed by atoms with Gasteiger partial charge in [0.25, 0.3) is 0 Å². The van der Waals surface area contributed by atoms with E-state index in [0.29, 0.717) is 28.1 Å². The van der Waals surface area contributed by atoms with Gasteiger partial charge in [0.2, 0.25) is 0 Å². The van der Waals surface area contributed by atoms with Crippen LogP contribution in [0.25, 0.3) is 0 Å².